The molecule has 0 unspecified atom stereocenters. The van der Waals surface area contributed by atoms with E-state index in [1.165, 1.54) is 6.07 Å². The highest BCUT2D eigenvalue weighted by atomic mass is 19.1. The van der Waals surface area contributed by atoms with Crippen molar-refractivity contribution in [1.29, 1.82) is 0 Å². The second-order valence-corrected chi connectivity index (χ2v) is 13.2. The van der Waals surface area contributed by atoms with Crippen LogP contribution in [0.4, 0.5) is 9.18 Å². The van der Waals surface area contributed by atoms with Crippen molar-refractivity contribution < 1.29 is 33.4 Å². The van der Waals surface area contributed by atoms with E-state index in [0.29, 0.717) is 31.9 Å². The summed E-state index contributed by atoms with van der Waals surface area (Å²) >= 11 is 0. The molecule has 254 valence electrons. The maximum atomic E-state index is 14.8. The van der Waals surface area contributed by atoms with Gasteiger partial charge in [-0.15, -0.1) is 0 Å². The second-order valence-electron chi connectivity index (χ2n) is 13.2. The number of morpholine rings is 1. The van der Waals surface area contributed by atoms with Gasteiger partial charge in [0.05, 0.1) is 25.4 Å². The fourth-order valence-electron chi connectivity index (χ4n) is 5.36. The highest BCUT2D eigenvalue weighted by Crippen LogP contribution is 2.21. The van der Waals surface area contributed by atoms with Crippen molar-refractivity contribution in [2.75, 3.05) is 39.4 Å². The van der Waals surface area contributed by atoms with Gasteiger partial charge < -0.3 is 30.5 Å². The van der Waals surface area contributed by atoms with Crippen molar-refractivity contribution in [3.63, 3.8) is 0 Å². The Morgan fingerprint density at radius 2 is 1.61 bits per heavy atom. The number of aliphatic hydroxyl groups excluding tert-OH is 1. The number of nitrogens with zero attached hydrogens (tertiary/aromatic N) is 1. The SMILES string of the molecule is CC(C)[C@H](NC(=O)[C@H](Cc1ccccc1F)C[C@H](O)[C@H](Cc1ccccc1)NC(=O)OC(C)(C)C)C(=O)NCCN1CCOCC1. The topological polar surface area (TPSA) is 129 Å². The van der Waals surface area contributed by atoms with E-state index in [9.17, 15) is 23.9 Å². The van der Waals surface area contributed by atoms with Crippen molar-refractivity contribution in [2.45, 2.75) is 77.7 Å². The third-order valence-corrected chi connectivity index (χ3v) is 7.86. The molecule has 0 spiro atoms. The average Bonchev–Trinajstić information content (AvgIpc) is 3.00. The predicted molar refractivity (Wildman–Crippen MR) is 175 cm³/mol. The van der Waals surface area contributed by atoms with Crippen LogP contribution in [0.2, 0.25) is 0 Å². The molecule has 1 saturated heterocycles. The largest absolute Gasteiger partial charge is 0.444 e. The number of hydrogen-bond acceptors (Lipinski definition) is 7. The molecule has 2 aromatic rings. The quantitative estimate of drug-likeness (QED) is 0.234. The summed E-state index contributed by atoms with van der Waals surface area (Å²) in [6, 6.07) is 13.9. The highest BCUT2D eigenvalue weighted by molar-refractivity contribution is 5.88. The minimum absolute atomic E-state index is 0.0104. The average molecular weight is 643 g/mol. The molecule has 0 aromatic heterocycles. The van der Waals surface area contributed by atoms with Gasteiger partial charge in [0.25, 0.3) is 0 Å². The van der Waals surface area contributed by atoms with Crippen molar-refractivity contribution in [1.82, 2.24) is 20.9 Å². The van der Waals surface area contributed by atoms with Crippen LogP contribution in [0.1, 0.15) is 52.2 Å². The van der Waals surface area contributed by atoms with Gasteiger partial charge in [0.2, 0.25) is 11.8 Å². The summed E-state index contributed by atoms with van der Waals surface area (Å²) in [5, 5.41) is 20.1. The van der Waals surface area contributed by atoms with Crippen LogP contribution in [-0.2, 0) is 31.9 Å². The van der Waals surface area contributed by atoms with Crippen LogP contribution in [-0.4, -0.2) is 91.1 Å². The molecule has 2 aromatic carbocycles. The Morgan fingerprint density at radius 3 is 2.24 bits per heavy atom. The van der Waals surface area contributed by atoms with Crippen LogP contribution in [0.25, 0.3) is 0 Å². The first-order chi connectivity index (χ1) is 21.8. The number of alkyl carbamates (subject to hydrolysis) is 1. The molecule has 1 aliphatic rings. The fourth-order valence-corrected chi connectivity index (χ4v) is 5.36. The zero-order valence-corrected chi connectivity index (χ0v) is 27.8. The van der Waals surface area contributed by atoms with Crippen LogP contribution >= 0.6 is 0 Å². The molecule has 3 rings (SSSR count). The molecule has 46 heavy (non-hydrogen) atoms. The number of hydrogen-bond donors (Lipinski definition) is 4. The Labute approximate surface area is 272 Å². The number of nitrogens with one attached hydrogen (secondary N) is 3. The van der Waals surface area contributed by atoms with Gasteiger partial charge in [-0.25, -0.2) is 9.18 Å². The summed E-state index contributed by atoms with van der Waals surface area (Å²) in [5.74, 6) is -2.40. The van der Waals surface area contributed by atoms with E-state index >= 15 is 0 Å². The number of ether oxygens (including phenoxy) is 2. The molecule has 10 nitrogen and oxygen atoms in total. The smallest absolute Gasteiger partial charge is 0.407 e. The lowest BCUT2D eigenvalue weighted by molar-refractivity contribution is -0.132. The molecule has 4 atom stereocenters. The molecule has 3 amide bonds. The summed E-state index contributed by atoms with van der Waals surface area (Å²) in [7, 11) is 0. The Balaban J connectivity index is 1.78. The summed E-state index contributed by atoms with van der Waals surface area (Å²) in [4.78, 5) is 42.1. The van der Waals surface area contributed by atoms with Crippen molar-refractivity contribution >= 4 is 17.9 Å². The lowest BCUT2D eigenvalue weighted by Crippen LogP contribution is -2.53. The van der Waals surface area contributed by atoms with Crippen molar-refractivity contribution in [3.8, 4) is 0 Å². The first-order valence-electron chi connectivity index (χ1n) is 16.2. The maximum Gasteiger partial charge on any atom is 0.407 e. The molecule has 1 heterocycles. The first-order valence-corrected chi connectivity index (χ1v) is 16.2. The Kier molecular flexibility index (Phi) is 14.4. The minimum Gasteiger partial charge on any atom is -0.444 e. The third kappa shape index (κ3) is 12.7. The monoisotopic (exact) mass is 642 g/mol. The van der Waals surface area contributed by atoms with Gasteiger partial charge in [-0.3, -0.25) is 14.5 Å². The molecular weight excluding hydrogens is 591 g/mol. The lowest BCUT2D eigenvalue weighted by Gasteiger charge is -2.30. The van der Waals surface area contributed by atoms with Gasteiger partial charge in [-0.1, -0.05) is 62.4 Å². The van der Waals surface area contributed by atoms with Gasteiger partial charge in [-0.2, -0.15) is 0 Å². The number of halogens is 1. The van der Waals surface area contributed by atoms with Crippen molar-refractivity contribution in [3.05, 3.63) is 71.5 Å². The molecule has 1 fully saturated rings. The van der Waals surface area contributed by atoms with Crippen LogP contribution in [0, 0.1) is 17.7 Å². The summed E-state index contributed by atoms with van der Waals surface area (Å²) < 4.78 is 25.6. The minimum atomic E-state index is -1.20. The number of amides is 3. The number of aliphatic hydroxyl groups is 1. The zero-order chi connectivity index (χ0) is 33.7. The standard InChI is InChI=1S/C35H51FN4O6/c1-24(2)31(33(43)37-15-16-40-17-19-45-20-18-40)39-32(42)27(22-26-13-9-10-14-28(26)36)23-30(41)29(21-25-11-7-6-8-12-25)38-34(44)46-35(3,4)5/h6-14,24,27,29-31,41H,15-23H2,1-5H3,(H,37,43)(H,38,44)(H,39,42)/t27-,29+,30+,31+/m1/s1. The zero-order valence-electron chi connectivity index (χ0n) is 27.8. The maximum absolute atomic E-state index is 14.8. The van der Waals surface area contributed by atoms with Gasteiger partial charge in [0.1, 0.15) is 17.5 Å². The third-order valence-electron chi connectivity index (χ3n) is 7.86. The molecule has 0 aliphatic carbocycles. The molecular formula is C35H51FN4O6. The Bertz CT molecular complexity index is 1250. The number of carbonyl (C=O) groups is 3. The van der Waals surface area contributed by atoms with Crippen LogP contribution < -0.4 is 16.0 Å². The van der Waals surface area contributed by atoms with E-state index < -0.39 is 47.5 Å². The van der Waals surface area contributed by atoms with Gasteiger partial charge in [0.15, 0.2) is 0 Å². The predicted octanol–water partition coefficient (Wildman–Crippen LogP) is 3.46. The van der Waals surface area contributed by atoms with Gasteiger partial charge in [-0.05, 0) is 63.1 Å². The van der Waals surface area contributed by atoms with Crippen molar-refractivity contribution in [2.24, 2.45) is 11.8 Å². The Hall–Kier alpha value is -3.54. The molecule has 4 N–H and O–H groups in total. The first kappa shape index (κ1) is 36.9. The molecule has 1 aliphatic heterocycles. The second kappa shape index (κ2) is 18.0. The van der Waals surface area contributed by atoms with E-state index in [1.54, 1.807) is 39.0 Å². The van der Waals surface area contributed by atoms with Crippen LogP contribution in [0.5, 0.6) is 0 Å². The molecule has 0 saturated carbocycles. The van der Waals surface area contributed by atoms with E-state index in [4.69, 9.17) is 9.47 Å². The Morgan fingerprint density at radius 1 is 0.957 bits per heavy atom. The molecule has 0 bridgehead atoms. The number of rotatable bonds is 15. The number of carbonyl (C=O) groups excluding carboxylic acids is 3. The van der Waals surface area contributed by atoms with Crippen LogP contribution in [0.15, 0.2) is 54.6 Å². The molecule has 0 radical (unpaired) electrons. The van der Waals surface area contributed by atoms with E-state index in [1.807, 2.05) is 44.2 Å². The number of benzene rings is 2. The van der Waals surface area contributed by atoms with Gasteiger partial charge in [0, 0.05) is 32.1 Å². The summed E-state index contributed by atoms with van der Waals surface area (Å²) in [5.41, 5.74) is 0.422. The summed E-state index contributed by atoms with van der Waals surface area (Å²) in [6.07, 6.45) is -1.73. The van der Waals surface area contributed by atoms with E-state index in [2.05, 4.69) is 20.9 Å². The normalized spacial score (nSPS) is 16.6. The fraction of sp³-hybridized carbons (Fsp3) is 0.571. The van der Waals surface area contributed by atoms with E-state index in [-0.39, 0.29) is 31.1 Å². The summed E-state index contributed by atoms with van der Waals surface area (Å²) in [6.45, 7) is 12.9. The van der Waals surface area contributed by atoms with E-state index in [0.717, 1.165) is 18.7 Å². The highest BCUT2D eigenvalue weighted by Gasteiger charge is 2.33. The van der Waals surface area contributed by atoms with Crippen LogP contribution in [0.3, 0.4) is 0 Å². The molecule has 11 heteroatoms. The van der Waals surface area contributed by atoms with Gasteiger partial charge >= 0.3 is 6.09 Å². The lowest BCUT2D eigenvalue weighted by atomic mass is 9.88.